The summed E-state index contributed by atoms with van der Waals surface area (Å²) < 4.78 is 5.89. The van der Waals surface area contributed by atoms with Crippen molar-refractivity contribution in [2.45, 2.75) is 46.2 Å². The van der Waals surface area contributed by atoms with Crippen LogP contribution >= 0.6 is 0 Å². The van der Waals surface area contributed by atoms with Crippen molar-refractivity contribution in [3.63, 3.8) is 0 Å². The standard InChI is InChI=1S/C18H30N2O/c1-4-19-14-17-7-9-18(10-8-17)21-13-12-20-11-5-6-15(2)16(20)3/h7-10,15-16,19H,4-6,11-14H2,1-3H3. The van der Waals surface area contributed by atoms with Gasteiger partial charge in [0.05, 0.1) is 0 Å². The molecule has 0 aromatic heterocycles. The van der Waals surface area contributed by atoms with Gasteiger partial charge in [-0.1, -0.05) is 26.0 Å². The van der Waals surface area contributed by atoms with Crippen LogP contribution in [0.3, 0.4) is 0 Å². The first-order valence-electron chi connectivity index (χ1n) is 8.37. The minimum atomic E-state index is 0.685. The lowest BCUT2D eigenvalue weighted by Crippen LogP contribution is -2.44. The van der Waals surface area contributed by atoms with E-state index in [4.69, 9.17) is 4.74 Å². The molecule has 1 aliphatic rings. The van der Waals surface area contributed by atoms with Crippen LogP contribution in [0.15, 0.2) is 24.3 Å². The highest BCUT2D eigenvalue weighted by Gasteiger charge is 2.23. The zero-order valence-electron chi connectivity index (χ0n) is 13.8. The van der Waals surface area contributed by atoms with Crippen LogP contribution < -0.4 is 10.1 Å². The van der Waals surface area contributed by atoms with E-state index in [0.717, 1.165) is 37.9 Å². The van der Waals surface area contributed by atoms with Gasteiger partial charge in [0, 0.05) is 19.1 Å². The van der Waals surface area contributed by atoms with Crippen molar-refractivity contribution >= 4 is 0 Å². The first-order valence-corrected chi connectivity index (χ1v) is 8.37. The molecule has 2 atom stereocenters. The normalized spacial score (nSPS) is 23.2. The molecule has 1 heterocycles. The van der Waals surface area contributed by atoms with E-state index in [9.17, 15) is 0 Å². The molecule has 3 nitrogen and oxygen atoms in total. The summed E-state index contributed by atoms with van der Waals surface area (Å²) >= 11 is 0. The fourth-order valence-corrected chi connectivity index (χ4v) is 2.99. The Kier molecular flexibility index (Phi) is 6.52. The van der Waals surface area contributed by atoms with Crippen LogP contribution in [-0.2, 0) is 6.54 Å². The number of likely N-dealkylation sites (tertiary alicyclic amines) is 1. The van der Waals surface area contributed by atoms with Crippen molar-refractivity contribution in [1.82, 2.24) is 10.2 Å². The molecule has 1 N–H and O–H groups in total. The third kappa shape index (κ3) is 5.01. The van der Waals surface area contributed by atoms with Crippen molar-refractivity contribution in [3.05, 3.63) is 29.8 Å². The maximum absolute atomic E-state index is 5.89. The summed E-state index contributed by atoms with van der Waals surface area (Å²) in [6.45, 7) is 11.8. The SMILES string of the molecule is CCNCc1ccc(OCCN2CCCC(C)C2C)cc1. The molecule has 21 heavy (non-hydrogen) atoms. The number of hydrogen-bond donors (Lipinski definition) is 1. The molecule has 1 aliphatic heterocycles. The predicted molar refractivity (Wildman–Crippen MR) is 88.8 cm³/mol. The van der Waals surface area contributed by atoms with Gasteiger partial charge in [0.1, 0.15) is 12.4 Å². The fraction of sp³-hybridized carbons (Fsp3) is 0.667. The van der Waals surface area contributed by atoms with Crippen LogP contribution in [0.2, 0.25) is 0 Å². The van der Waals surface area contributed by atoms with Crippen LogP contribution in [0, 0.1) is 5.92 Å². The summed E-state index contributed by atoms with van der Waals surface area (Å²) in [6, 6.07) is 9.13. The van der Waals surface area contributed by atoms with Crippen LogP contribution in [0.4, 0.5) is 0 Å². The van der Waals surface area contributed by atoms with Crippen molar-refractivity contribution < 1.29 is 4.74 Å². The molecule has 0 saturated carbocycles. The monoisotopic (exact) mass is 290 g/mol. The lowest BCUT2D eigenvalue weighted by Gasteiger charge is -2.37. The third-order valence-electron chi connectivity index (χ3n) is 4.65. The van der Waals surface area contributed by atoms with Gasteiger partial charge >= 0.3 is 0 Å². The van der Waals surface area contributed by atoms with E-state index in [1.54, 1.807) is 0 Å². The average Bonchev–Trinajstić information content (AvgIpc) is 2.51. The molecule has 1 saturated heterocycles. The molecule has 2 rings (SSSR count). The molecule has 1 aromatic carbocycles. The number of nitrogens with zero attached hydrogens (tertiary/aromatic N) is 1. The summed E-state index contributed by atoms with van der Waals surface area (Å²) in [7, 11) is 0. The van der Waals surface area contributed by atoms with E-state index in [-0.39, 0.29) is 0 Å². The average molecular weight is 290 g/mol. The maximum Gasteiger partial charge on any atom is 0.119 e. The smallest absolute Gasteiger partial charge is 0.119 e. The van der Waals surface area contributed by atoms with Crippen molar-refractivity contribution in [1.29, 1.82) is 0 Å². The molecule has 118 valence electrons. The molecule has 0 amide bonds. The van der Waals surface area contributed by atoms with Gasteiger partial charge in [0.25, 0.3) is 0 Å². The van der Waals surface area contributed by atoms with Gasteiger partial charge in [-0.3, -0.25) is 4.90 Å². The molecule has 1 fully saturated rings. The molecule has 0 bridgehead atoms. The second-order valence-corrected chi connectivity index (χ2v) is 6.17. The van der Waals surface area contributed by atoms with E-state index >= 15 is 0 Å². The first-order chi connectivity index (χ1) is 10.2. The minimum absolute atomic E-state index is 0.685. The highest BCUT2D eigenvalue weighted by atomic mass is 16.5. The topological polar surface area (TPSA) is 24.5 Å². The Morgan fingerprint density at radius 1 is 1.24 bits per heavy atom. The Morgan fingerprint density at radius 3 is 2.71 bits per heavy atom. The third-order valence-corrected chi connectivity index (χ3v) is 4.65. The minimum Gasteiger partial charge on any atom is -0.492 e. The van der Waals surface area contributed by atoms with Crippen molar-refractivity contribution in [2.24, 2.45) is 5.92 Å². The number of hydrogen-bond acceptors (Lipinski definition) is 3. The van der Waals surface area contributed by atoms with Crippen LogP contribution in [0.1, 0.15) is 39.2 Å². The predicted octanol–water partition coefficient (Wildman–Crippen LogP) is 3.30. The summed E-state index contributed by atoms with van der Waals surface area (Å²) in [5.74, 6) is 1.79. The lowest BCUT2D eigenvalue weighted by molar-refractivity contribution is 0.0958. The van der Waals surface area contributed by atoms with Gasteiger partial charge in [-0.05, 0) is 56.5 Å². The van der Waals surface area contributed by atoms with E-state index in [1.807, 2.05) is 0 Å². The molecule has 0 spiro atoms. The zero-order chi connectivity index (χ0) is 15.1. The number of benzene rings is 1. The molecule has 3 heteroatoms. The maximum atomic E-state index is 5.89. The largest absolute Gasteiger partial charge is 0.492 e. The van der Waals surface area contributed by atoms with Gasteiger partial charge < -0.3 is 10.1 Å². The van der Waals surface area contributed by atoms with Crippen LogP contribution in [0.5, 0.6) is 5.75 Å². The fourth-order valence-electron chi connectivity index (χ4n) is 2.99. The summed E-state index contributed by atoms with van der Waals surface area (Å²) in [6.07, 6.45) is 2.69. The number of piperidine rings is 1. The number of rotatable bonds is 7. The molecular formula is C18H30N2O. The van der Waals surface area contributed by atoms with Crippen molar-refractivity contribution in [3.8, 4) is 5.75 Å². The van der Waals surface area contributed by atoms with E-state index in [0.29, 0.717) is 6.04 Å². The number of nitrogens with one attached hydrogen (secondary N) is 1. The van der Waals surface area contributed by atoms with E-state index in [2.05, 4.69) is 55.3 Å². The molecular weight excluding hydrogens is 260 g/mol. The first kappa shape index (κ1) is 16.3. The summed E-state index contributed by atoms with van der Waals surface area (Å²) in [5.41, 5.74) is 1.31. The van der Waals surface area contributed by atoms with Gasteiger partial charge in [-0.25, -0.2) is 0 Å². The molecule has 0 radical (unpaired) electrons. The Morgan fingerprint density at radius 2 is 2.00 bits per heavy atom. The Balaban J connectivity index is 1.73. The Bertz CT molecular complexity index is 404. The molecule has 0 aliphatic carbocycles. The van der Waals surface area contributed by atoms with Crippen LogP contribution in [-0.4, -0.2) is 37.2 Å². The van der Waals surface area contributed by atoms with Gasteiger partial charge in [-0.15, -0.1) is 0 Å². The molecule has 1 aromatic rings. The Hall–Kier alpha value is -1.06. The van der Waals surface area contributed by atoms with Gasteiger partial charge in [0.15, 0.2) is 0 Å². The summed E-state index contributed by atoms with van der Waals surface area (Å²) in [5, 5.41) is 3.33. The quantitative estimate of drug-likeness (QED) is 0.834. The highest BCUT2D eigenvalue weighted by molar-refractivity contribution is 5.27. The van der Waals surface area contributed by atoms with E-state index < -0.39 is 0 Å². The van der Waals surface area contributed by atoms with Crippen molar-refractivity contribution in [2.75, 3.05) is 26.2 Å². The second-order valence-electron chi connectivity index (χ2n) is 6.17. The van der Waals surface area contributed by atoms with E-state index in [1.165, 1.54) is 24.9 Å². The van der Waals surface area contributed by atoms with Gasteiger partial charge in [-0.2, -0.15) is 0 Å². The zero-order valence-corrected chi connectivity index (χ0v) is 13.8. The van der Waals surface area contributed by atoms with Crippen LogP contribution in [0.25, 0.3) is 0 Å². The highest BCUT2D eigenvalue weighted by Crippen LogP contribution is 2.22. The summed E-state index contributed by atoms with van der Waals surface area (Å²) in [4.78, 5) is 2.56. The van der Waals surface area contributed by atoms with Gasteiger partial charge in [0.2, 0.25) is 0 Å². The number of ether oxygens (including phenoxy) is 1. The molecule has 2 unspecified atom stereocenters. The Labute approximate surface area is 129 Å². The lowest BCUT2D eigenvalue weighted by atomic mass is 9.92. The second kappa shape index (κ2) is 8.40.